The summed E-state index contributed by atoms with van der Waals surface area (Å²) in [5.74, 6) is -0.342. The lowest BCUT2D eigenvalue weighted by molar-refractivity contribution is 0.0813. The SMILES string of the molecule is C[Si](C)(C)CCOCn1cc(C#N)nc1C(=O)c1cc2c(s1)-c1ccc(F)cc1NCC2. The maximum Gasteiger partial charge on any atom is 0.238 e. The smallest absolute Gasteiger partial charge is 0.238 e. The minimum atomic E-state index is -1.22. The number of benzene rings is 1. The molecule has 2 aromatic heterocycles. The molecule has 0 fully saturated rings. The summed E-state index contributed by atoms with van der Waals surface area (Å²) in [6.45, 7) is 8.28. The number of ether oxygens (including phenoxy) is 1. The molecule has 0 amide bonds. The van der Waals surface area contributed by atoms with Crippen molar-refractivity contribution in [3.05, 3.63) is 58.2 Å². The van der Waals surface area contributed by atoms with Crippen molar-refractivity contribution in [3.8, 4) is 16.5 Å². The Kier molecular flexibility index (Phi) is 6.28. The monoisotopic (exact) mass is 468 g/mol. The molecule has 1 aliphatic heterocycles. The van der Waals surface area contributed by atoms with Crippen molar-refractivity contribution in [1.29, 1.82) is 5.26 Å². The van der Waals surface area contributed by atoms with Gasteiger partial charge in [-0.1, -0.05) is 19.6 Å². The van der Waals surface area contributed by atoms with Gasteiger partial charge in [-0.25, -0.2) is 9.37 Å². The Morgan fingerprint density at radius 1 is 1.38 bits per heavy atom. The van der Waals surface area contributed by atoms with Crippen molar-refractivity contribution in [1.82, 2.24) is 9.55 Å². The zero-order valence-electron chi connectivity index (χ0n) is 18.4. The van der Waals surface area contributed by atoms with Gasteiger partial charge in [-0.2, -0.15) is 5.26 Å². The minimum Gasteiger partial charge on any atom is -0.384 e. The first-order valence-electron chi connectivity index (χ1n) is 10.5. The average Bonchev–Trinajstić information content (AvgIpc) is 3.31. The van der Waals surface area contributed by atoms with Crippen molar-refractivity contribution in [2.75, 3.05) is 18.5 Å². The Labute approximate surface area is 191 Å². The normalized spacial score (nSPS) is 13.0. The van der Waals surface area contributed by atoms with Gasteiger partial charge in [0.15, 0.2) is 11.5 Å². The Morgan fingerprint density at radius 3 is 2.94 bits per heavy atom. The first kappa shape index (κ1) is 22.4. The summed E-state index contributed by atoms with van der Waals surface area (Å²) in [5.41, 5.74) is 2.85. The van der Waals surface area contributed by atoms with E-state index >= 15 is 0 Å². The molecule has 0 unspecified atom stereocenters. The largest absolute Gasteiger partial charge is 0.384 e. The van der Waals surface area contributed by atoms with Crippen molar-refractivity contribution < 1.29 is 13.9 Å². The molecule has 1 aliphatic rings. The van der Waals surface area contributed by atoms with Gasteiger partial charge in [-0.15, -0.1) is 11.3 Å². The van der Waals surface area contributed by atoms with Crippen LogP contribution in [0.25, 0.3) is 10.4 Å². The summed E-state index contributed by atoms with van der Waals surface area (Å²) >= 11 is 1.37. The predicted molar refractivity (Wildman–Crippen MR) is 126 cm³/mol. The number of rotatable bonds is 7. The highest BCUT2D eigenvalue weighted by Gasteiger charge is 2.24. The van der Waals surface area contributed by atoms with E-state index in [1.165, 1.54) is 23.5 Å². The van der Waals surface area contributed by atoms with Gasteiger partial charge < -0.3 is 14.6 Å². The number of nitrogens with zero attached hydrogens (tertiary/aromatic N) is 3. The van der Waals surface area contributed by atoms with E-state index in [9.17, 15) is 14.4 Å². The fourth-order valence-electron chi connectivity index (χ4n) is 3.55. The third-order valence-corrected chi connectivity index (χ3v) is 8.20. The molecule has 0 bridgehead atoms. The van der Waals surface area contributed by atoms with Crippen LogP contribution < -0.4 is 5.32 Å². The summed E-state index contributed by atoms with van der Waals surface area (Å²) in [6, 6.07) is 9.57. The average molecular weight is 469 g/mol. The van der Waals surface area contributed by atoms with Crippen LogP contribution in [0, 0.1) is 17.1 Å². The number of halogens is 1. The van der Waals surface area contributed by atoms with E-state index in [0.29, 0.717) is 18.0 Å². The third-order valence-electron chi connectivity index (χ3n) is 5.29. The van der Waals surface area contributed by atoms with Crippen LogP contribution >= 0.6 is 11.3 Å². The molecule has 4 rings (SSSR count). The van der Waals surface area contributed by atoms with Crippen LogP contribution in [-0.4, -0.2) is 36.6 Å². The van der Waals surface area contributed by atoms with Crippen molar-refractivity contribution in [2.45, 2.75) is 38.8 Å². The van der Waals surface area contributed by atoms with Crippen molar-refractivity contribution >= 4 is 30.9 Å². The van der Waals surface area contributed by atoms with Crippen LogP contribution in [0.5, 0.6) is 0 Å². The number of aromatic nitrogens is 2. The number of hydrogen-bond acceptors (Lipinski definition) is 6. The first-order valence-corrected chi connectivity index (χ1v) is 15.0. The van der Waals surface area contributed by atoms with E-state index in [-0.39, 0.29) is 29.8 Å². The highest BCUT2D eigenvalue weighted by Crippen LogP contribution is 2.40. The van der Waals surface area contributed by atoms with Crippen LogP contribution in [0.15, 0.2) is 30.5 Å². The van der Waals surface area contributed by atoms with Crippen LogP contribution in [0.3, 0.4) is 0 Å². The van der Waals surface area contributed by atoms with Gasteiger partial charge in [-0.3, -0.25) is 4.79 Å². The first-order chi connectivity index (χ1) is 15.2. The van der Waals surface area contributed by atoms with E-state index in [2.05, 4.69) is 29.9 Å². The van der Waals surface area contributed by atoms with Gasteiger partial charge >= 0.3 is 0 Å². The highest BCUT2D eigenvalue weighted by atomic mass is 32.1. The van der Waals surface area contributed by atoms with Crippen LogP contribution in [0.2, 0.25) is 25.7 Å². The molecule has 1 aromatic carbocycles. The minimum absolute atomic E-state index is 0.178. The molecular formula is C23H25FN4O2SSi. The molecular weight excluding hydrogens is 443 g/mol. The number of thiophene rings is 1. The lowest BCUT2D eigenvalue weighted by atomic mass is 10.1. The maximum absolute atomic E-state index is 13.7. The second-order valence-corrected chi connectivity index (χ2v) is 15.7. The summed E-state index contributed by atoms with van der Waals surface area (Å²) in [6.07, 6.45) is 2.29. The Morgan fingerprint density at radius 2 is 2.19 bits per heavy atom. The van der Waals surface area contributed by atoms with E-state index in [1.807, 2.05) is 12.1 Å². The van der Waals surface area contributed by atoms with E-state index in [0.717, 1.165) is 34.2 Å². The quantitative estimate of drug-likeness (QED) is 0.295. The molecule has 0 saturated heterocycles. The third kappa shape index (κ3) is 4.82. The summed E-state index contributed by atoms with van der Waals surface area (Å²) < 4.78 is 21.1. The van der Waals surface area contributed by atoms with Gasteiger partial charge in [-0.05, 0) is 42.3 Å². The van der Waals surface area contributed by atoms with Gasteiger partial charge in [0.2, 0.25) is 5.78 Å². The number of nitrogens with one attached hydrogen (secondary N) is 1. The Bertz CT molecular complexity index is 1210. The molecule has 6 nitrogen and oxygen atoms in total. The zero-order valence-corrected chi connectivity index (χ0v) is 20.2. The molecule has 0 spiro atoms. The Balaban J connectivity index is 1.61. The predicted octanol–water partition coefficient (Wildman–Crippen LogP) is 5.13. The summed E-state index contributed by atoms with van der Waals surface area (Å²) in [4.78, 5) is 19.1. The fourth-order valence-corrected chi connectivity index (χ4v) is 5.49. The molecule has 3 heterocycles. The molecule has 0 atom stereocenters. The van der Waals surface area contributed by atoms with E-state index in [4.69, 9.17) is 4.74 Å². The van der Waals surface area contributed by atoms with Crippen LogP contribution in [0.1, 0.15) is 26.8 Å². The molecule has 3 aromatic rings. The van der Waals surface area contributed by atoms with Gasteiger partial charge in [0.1, 0.15) is 18.6 Å². The molecule has 0 radical (unpaired) electrons. The molecule has 0 saturated carbocycles. The Hall–Kier alpha value is -2.80. The number of fused-ring (bicyclic) bond motifs is 3. The van der Waals surface area contributed by atoms with Crippen LogP contribution in [-0.2, 0) is 17.9 Å². The summed E-state index contributed by atoms with van der Waals surface area (Å²) in [7, 11) is -1.22. The molecule has 0 aliphatic carbocycles. The molecule has 166 valence electrons. The number of nitriles is 1. The topological polar surface area (TPSA) is 79.9 Å². The number of carbonyl (C=O) groups is 1. The standard InChI is InChI=1S/C23H25FN4O2SSi/c1-32(2,3)9-8-30-14-28-13-17(12-25)27-23(28)21(29)20-10-15-6-7-26-19-11-16(24)4-5-18(19)22(15)31-20/h4-5,10-11,13,26H,6-9,14H2,1-3H3. The summed E-state index contributed by atoms with van der Waals surface area (Å²) in [5, 5.41) is 12.5. The molecule has 9 heteroatoms. The lowest BCUT2D eigenvalue weighted by Crippen LogP contribution is -2.22. The highest BCUT2D eigenvalue weighted by molar-refractivity contribution is 7.17. The zero-order chi connectivity index (χ0) is 22.9. The van der Waals surface area contributed by atoms with E-state index < -0.39 is 8.07 Å². The maximum atomic E-state index is 13.7. The van der Waals surface area contributed by atoms with Gasteiger partial charge in [0, 0.05) is 43.6 Å². The molecule has 1 N–H and O–H groups in total. The number of hydrogen-bond donors (Lipinski definition) is 1. The van der Waals surface area contributed by atoms with Gasteiger partial charge in [0.25, 0.3) is 0 Å². The fraction of sp³-hybridized carbons (Fsp3) is 0.348. The van der Waals surface area contributed by atoms with Gasteiger partial charge in [0.05, 0.1) is 4.88 Å². The second-order valence-electron chi connectivity index (χ2n) is 9.04. The van der Waals surface area contributed by atoms with Crippen LogP contribution in [0.4, 0.5) is 10.1 Å². The van der Waals surface area contributed by atoms with E-state index in [1.54, 1.807) is 16.8 Å². The second kappa shape index (κ2) is 8.98. The lowest BCUT2D eigenvalue weighted by Gasteiger charge is -2.15. The number of imidazole rings is 1. The number of carbonyl (C=O) groups excluding carboxylic acids is 1. The van der Waals surface area contributed by atoms with Crippen molar-refractivity contribution in [3.63, 3.8) is 0 Å². The van der Waals surface area contributed by atoms with Crippen molar-refractivity contribution in [2.24, 2.45) is 0 Å². The number of ketones is 1. The number of anilines is 1. The molecule has 32 heavy (non-hydrogen) atoms.